The minimum Gasteiger partial charge on any atom is -0.392 e. The van der Waals surface area contributed by atoms with E-state index in [1.54, 1.807) is 24.3 Å². The van der Waals surface area contributed by atoms with E-state index in [0.29, 0.717) is 29.9 Å². The molecule has 0 fully saturated rings. The predicted molar refractivity (Wildman–Crippen MR) is 69.9 cm³/mol. The monoisotopic (exact) mass is 255 g/mol. The summed E-state index contributed by atoms with van der Waals surface area (Å²) in [6.07, 6.45) is 3.29. The van der Waals surface area contributed by atoms with Crippen molar-refractivity contribution < 1.29 is 14.7 Å². The van der Waals surface area contributed by atoms with Crippen LogP contribution in [0.4, 0.5) is 0 Å². The number of hydrogen-bond acceptors (Lipinski definition) is 4. The van der Waals surface area contributed by atoms with Crippen molar-refractivity contribution in [1.29, 1.82) is 0 Å². The fourth-order valence-corrected chi connectivity index (χ4v) is 2.45. The van der Waals surface area contributed by atoms with Gasteiger partial charge in [-0.25, -0.2) is 0 Å². The van der Waals surface area contributed by atoms with Crippen molar-refractivity contribution >= 4 is 11.6 Å². The zero-order valence-electron chi connectivity index (χ0n) is 10.3. The van der Waals surface area contributed by atoms with Gasteiger partial charge in [0.2, 0.25) is 5.78 Å². The largest absolute Gasteiger partial charge is 0.392 e. The number of aliphatic hydroxyl groups is 1. The van der Waals surface area contributed by atoms with E-state index in [4.69, 9.17) is 5.11 Å². The van der Waals surface area contributed by atoms with Gasteiger partial charge in [0.1, 0.15) is 0 Å². The molecule has 1 heterocycles. The molecule has 0 bridgehead atoms. The lowest BCUT2D eigenvalue weighted by atomic mass is 9.92. The maximum Gasteiger partial charge on any atom is 0.209 e. The first-order chi connectivity index (χ1) is 9.20. The van der Waals surface area contributed by atoms with E-state index in [1.807, 2.05) is 11.0 Å². The lowest BCUT2D eigenvalue weighted by molar-refractivity contribution is 0.0957. The summed E-state index contributed by atoms with van der Waals surface area (Å²) in [6.45, 7) is 1.05. The number of carbonyl (C=O) groups excluding carboxylic acids is 2. The first-order valence-corrected chi connectivity index (χ1v) is 6.14. The number of allylic oxidation sites excluding steroid dienone is 2. The Morgan fingerprint density at radius 2 is 1.89 bits per heavy atom. The molecule has 0 aromatic heterocycles. The maximum atomic E-state index is 12.4. The Bertz CT molecular complexity index is 628. The highest BCUT2D eigenvalue weighted by atomic mass is 16.3. The van der Waals surface area contributed by atoms with Crippen LogP contribution in [0.15, 0.2) is 47.7 Å². The van der Waals surface area contributed by atoms with Crippen molar-refractivity contribution in [3.63, 3.8) is 0 Å². The molecule has 19 heavy (non-hydrogen) atoms. The van der Waals surface area contributed by atoms with Crippen molar-refractivity contribution in [2.75, 3.05) is 19.7 Å². The van der Waals surface area contributed by atoms with Crippen LogP contribution in [0, 0.1) is 0 Å². The summed E-state index contributed by atoms with van der Waals surface area (Å²) >= 11 is 0. The summed E-state index contributed by atoms with van der Waals surface area (Å²) in [5.74, 6) is -0.259. The second-order valence-corrected chi connectivity index (χ2v) is 4.67. The van der Waals surface area contributed by atoms with Crippen LogP contribution in [-0.4, -0.2) is 41.3 Å². The molecule has 2 aliphatic rings. The van der Waals surface area contributed by atoms with Gasteiger partial charge in [-0.3, -0.25) is 9.59 Å². The second kappa shape index (κ2) is 4.48. The van der Waals surface area contributed by atoms with Crippen LogP contribution in [0.2, 0.25) is 0 Å². The van der Waals surface area contributed by atoms with Crippen LogP contribution in [0.3, 0.4) is 0 Å². The summed E-state index contributed by atoms with van der Waals surface area (Å²) in [6, 6.07) is 6.86. The third kappa shape index (κ3) is 1.90. The molecule has 4 heteroatoms. The molecule has 1 aliphatic carbocycles. The number of ketones is 2. The highest BCUT2D eigenvalue weighted by molar-refractivity contribution is 6.24. The lowest BCUT2D eigenvalue weighted by Gasteiger charge is -2.24. The van der Waals surface area contributed by atoms with E-state index < -0.39 is 0 Å². The van der Waals surface area contributed by atoms with E-state index >= 15 is 0 Å². The Morgan fingerprint density at radius 3 is 2.58 bits per heavy atom. The van der Waals surface area contributed by atoms with E-state index in [9.17, 15) is 9.59 Å². The van der Waals surface area contributed by atoms with Gasteiger partial charge in [-0.15, -0.1) is 0 Å². The third-order valence-electron chi connectivity index (χ3n) is 3.48. The summed E-state index contributed by atoms with van der Waals surface area (Å²) in [5.41, 5.74) is 2.22. The number of rotatable bonds is 2. The second-order valence-electron chi connectivity index (χ2n) is 4.67. The highest BCUT2D eigenvalue weighted by Crippen LogP contribution is 2.25. The standard InChI is InChI=1S/C15H13NO3/c17-9-10-5-6-16(8-10)13-7-14(18)11-3-1-2-4-12(11)15(13)19/h1-5,7,17H,6,8-9H2. The number of aliphatic hydroxyl groups excluding tert-OH is 1. The highest BCUT2D eigenvalue weighted by Gasteiger charge is 2.29. The topological polar surface area (TPSA) is 57.6 Å². The lowest BCUT2D eigenvalue weighted by Crippen LogP contribution is -2.30. The molecule has 0 saturated carbocycles. The van der Waals surface area contributed by atoms with Gasteiger partial charge in [-0.1, -0.05) is 30.3 Å². The summed E-state index contributed by atoms with van der Waals surface area (Å²) in [7, 11) is 0. The van der Waals surface area contributed by atoms with Crippen LogP contribution in [0.25, 0.3) is 0 Å². The van der Waals surface area contributed by atoms with Crippen LogP contribution < -0.4 is 0 Å². The average Bonchev–Trinajstić information content (AvgIpc) is 2.91. The van der Waals surface area contributed by atoms with Crippen molar-refractivity contribution in [2.45, 2.75) is 0 Å². The Morgan fingerprint density at radius 1 is 1.16 bits per heavy atom. The maximum absolute atomic E-state index is 12.4. The number of nitrogens with zero attached hydrogens (tertiary/aromatic N) is 1. The first kappa shape index (κ1) is 11.9. The molecule has 0 atom stereocenters. The Balaban J connectivity index is 1.94. The quantitative estimate of drug-likeness (QED) is 0.806. The summed E-state index contributed by atoms with van der Waals surface area (Å²) < 4.78 is 0. The van der Waals surface area contributed by atoms with Gasteiger partial charge in [0.25, 0.3) is 0 Å². The molecule has 96 valence electrons. The van der Waals surface area contributed by atoms with Gasteiger partial charge in [-0.05, 0) is 5.57 Å². The van der Waals surface area contributed by atoms with Crippen molar-refractivity contribution in [2.24, 2.45) is 0 Å². The van der Waals surface area contributed by atoms with Gasteiger partial charge >= 0.3 is 0 Å². The van der Waals surface area contributed by atoms with Crippen LogP contribution in [-0.2, 0) is 0 Å². The van der Waals surface area contributed by atoms with Crippen molar-refractivity contribution in [1.82, 2.24) is 4.90 Å². The van der Waals surface area contributed by atoms with E-state index in [-0.39, 0.29) is 18.2 Å². The molecular formula is C15H13NO3. The molecule has 0 radical (unpaired) electrons. The minimum atomic E-state index is -0.136. The van der Waals surface area contributed by atoms with Crippen molar-refractivity contribution in [3.8, 4) is 0 Å². The minimum absolute atomic E-state index is 0.0114. The fourth-order valence-electron chi connectivity index (χ4n) is 2.45. The molecule has 0 spiro atoms. The van der Waals surface area contributed by atoms with Gasteiger partial charge in [-0.2, -0.15) is 0 Å². The fraction of sp³-hybridized carbons (Fsp3) is 0.200. The number of fused-ring (bicyclic) bond motifs is 1. The van der Waals surface area contributed by atoms with Crippen LogP contribution in [0.1, 0.15) is 20.7 Å². The Labute approximate surface area is 110 Å². The molecule has 1 aromatic rings. The molecule has 1 N–H and O–H groups in total. The number of benzene rings is 1. The smallest absolute Gasteiger partial charge is 0.209 e. The number of hydrogen-bond donors (Lipinski definition) is 1. The van der Waals surface area contributed by atoms with Gasteiger partial charge in [0.05, 0.1) is 12.3 Å². The Kier molecular flexibility index (Phi) is 2.80. The van der Waals surface area contributed by atoms with Gasteiger partial charge in [0.15, 0.2) is 5.78 Å². The predicted octanol–water partition coefficient (Wildman–Crippen LogP) is 1.18. The molecule has 0 amide bonds. The molecule has 0 saturated heterocycles. The molecule has 1 aliphatic heterocycles. The van der Waals surface area contributed by atoms with Gasteiger partial charge < -0.3 is 10.0 Å². The molecule has 0 unspecified atom stereocenters. The zero-order valence-corrected chi connectivity index (χ0v) is 10.3. The average molecular weight is 255 g/mol. The SMILES string of the molecule is O=C1C=C(N2CC=C(CO)C2)C(=O)c2ccccc21. The molecule has 1 aromatic carbocycles. The first-order valence-electron chi connectivity index (χ1n) is 6.14. The molecule has 4 nitrogen and oxygen atoms in total. The normalized spacial score (nSPS) is 18.3. The van der Waals surface area contributed by atoms with Crippen LogP contribution >= 0.6 is 0 Å². The summed E-state index contributed by atoms with van der Waals surface area (Å²) in [4.78, 5) is 26.2. The summed E-state index contributed by atoms with van der Waals surface area (Å²) in [5, 5.41) is 9.09. The molecule has 3 rings (SSSR count). The van der Waals surface area contributed by atoms with Gasteiger partial charge in [0, 0.05) is 30.3 Å². The van der Waals surface area contributed by atoms with Crippen LogP contribution in [0.5, 0.6) is 0 Å². The van der Waals surface area contributed by atoms with E-state index in [0.717, 1.165) is 5.57 Å². The van der Waals surface area contributed by atoms with Crippen molar-refractivity contribution in [3.05, 3.63) is 58.8 Å². The number of Topliss-reactive ketones (excluding diaryl/α,β-unsaturated/α-hetero) is 1. The zero-order chi connectivity index (χ0) is 13.4. The molecular weight excluding hydrogens is 242 g/mol. The van der Waals surface area contributed by atoms with E-state index in [1.165, 1.54) is 6.08 Å². The van der Waals surface area contributed by atoms with E-state index in [2.05, 4.69) is 0 Å². The Hall–Kier alpha value is -2.20. The number of carbonyl (C=O) groups is 2. The third-order valence-corrected chi connectivity index (χ3v) is 3.48.